The maximum Gasteiger partial charge on any atom is 0.404 e. The zero-order chi connectivity index (χ0) is 13.8. The lowest BCUT2D eigenvalue weighted by Gasteiger charge is -2.36. The smallest absolute Gasteiger partial charge is 0.404 e. The minimum atomic E-state index is -1.15. The van der Waals surface area contributed by atoms with Crippen LogP contribution in [0.3, 0.4) is 0 Å². The number of carbonyl (C=O) groups is 2. The van der Waals surface area contributed by atoms with E-state index in [0.717, 1.165) is 6.42 Å². The predicted molar refractivity (Wildman–Crippen MR) is 64.4 cm³/mol. The lowest BCUT2D eigenvalue weighted by molar-refractivity contribution is -0.175. The van der Waals surface area contributed by atoms with Crippen molar-refractivity contribution in [2.75, 3.05) is 19.8 Å². The average molecular weight is 259 g/mol. The molecule has 0 radical (unpaired) electrons. The molecule has 18 heavy (non-hydrogen) atoms. The molecule has 1 saturated heterocycles. The number of rotatable bonds is 3. The van der Waals surface area contributed by atoms with E-state index in [1.165, 1.54) is 0 Å². The molecule has 104 valence electrons. The van der Waals surface area contributed by atoms with Crippen molar-refractivity contribution in [1.29, 1.82) is 0 Å². The van der Waals surface area contributed by atoms with Crippen molar-refractivity contribution in [1.82, 2.24) is 5.32 Å². The highest BCUT2D eigenvalue weighted by Gasteiger charge is 2.43. The highest BCUT2D eigenvalue weighted by atomic mass is 16.6. The molecule has 6 heteroatoms. The summed E-state index contributed by atoms with van der Waals surface area (Å²) in [5.41, 5.74) is -1.49. The minimum Gasteiger partial charge on any atom is -0.465 e. The molecule has 1 atom stereocenters. The fraction of sp³-hybridized carbons (Fsp3) is 0.833. The van der Waals surface area contributed by atoms with Crippen molar-refractivity contribution in [3.05, 3.63) is 0 Å². The molecular weight excluding hydrogens is 238 g/mol. The summed E-state index contributed by atoms with van der Waals surface area (Å²) in [5, 5.41) is 10.9. The Hall–Kier alpha value is -1.30. The summed E-state index contributed by atoms with van der Waals surface area (Å²) >= 11 is 0. The molecule has 0 aromatic carbocycles. The number of esters is 1. The van der Waals surface area contributed by atoms with Crippen molar-refractivity contribution in [2.45, 2.75) is 39.2 Å². The summed E-state index contributed by atoms with van der Waals surface area (Å²) in [6.45, 7) is 6.17. The quantitative estimate of drug-likeness (QED) is 0.748. The summed E-state index contributed by atoms with van der Waals surface area (Å²) in [4.78, 5) is 22.8. The van der Waals surface area contributed by atoms with Crippen LogP contribution in [-0.2, 0) is 14.3 Å². The Morgan fingerprint density at radius 2 is 2.11 bits per heavy atom. The van der Waals surface area contributed by atoms with E-state index in [2.05, 4.69) is 5.32 Å². The van der Waals surface area contributed by atoms with Gasteiger partial charge in [-0.05, 0) is 33.6 Å². The van der Waals surface area contributed by atoms with Crippen LogP contribution < -0.4 is 5.32 Å². The van der Waals surface area contributed by atoms with Crippen molar-refractivity contribution >= 4 is 12.1 Å². The van der Waals surface area contributed by atoms with Gasteiger partial charge in [0.25, 0.3) is 0 Å². The Balaban J connectivity index is 2.76. The summed E-state index contributed by atoms with van der Waals surface area (Å²) in [7, 11) is 0. The molecule has 1 amide bonds. The van der Waals surface area contributed by atoms with Crippen molar-refractivity contribution in [3.63, 3.8) is 0 Å². The maximum atomic E-state index is 12.2. The molecule has 0 bridgehead atoms. The first-order valence-corrected chi connectivity index (χ1v) is 6.03. The molecule has 2 N–H and O–H groups in total. The molecule has 1 heterocycles. The average Bonchev–Trinajstić information content (AvgIpc) is 2.25. The van der Waals surface area contributed by atoms with Gasteiger partial charge >= 0.3 is 12.1 Å². The Morgan fingerprint density at radius 3 is 2.56 bits per heavy atom. The Morgan fingerprint density at radius 1 is 1.44 bits per heavy atom. The van der Waals surface area contributed by atoms with E-state index in [4.69, 9.17) is 14.6 Å². The van der Waals surface area contributed by atoms with Crippen LogP contribution in [0.15, 0.2) is 0 Å². The fourth-order valence-electron chi connectivity index (χ4n) is 1.86. The molecule has 0 spiro atoms. The summed E-state index contributed by atoms with van der Waals surface area (Å²) < 4.78 is 10.7. The Bertz CT molecular complexity index is 315. The van der Waals surface area contributed by atoms with Gasteiger partial charge in [0, 0.05) is 13.2 Å². The second kappa shape index (κ2) is 5.56. The van der Waals surface area contributed by atoms with Gasteiger partial charge in [0.05, 0.1) is 6.61 Å². The van der Waals surface area contributed by atoms with Crippen LogP contribution in [0.25, 0.3) is 0 Å². The largest absolute Gasteiger partial charge is 0.465 e. The highest BCUT2D eigenvalue weighted by molar-refractivity contribution is 5.78. The van der Waals surface area contributed by atoms with E-state index in [9.17, 15) is 9.59 Å². The molecule has 0 aromatic rings. The molecular formula is C12H21NO5. The molecule has 1 unspecified atom stereocenters. The standard InChI is InChI=1S/C12H21NO5/c1-11(2,3)18-9(14)12(7-13-10(15)16)5-4-6-17-8-12/h13H,4-8H2,1-3H3,(H,15,16). The van der Waals surface area contributed by atoms with E-state index in [-0.39, 0.29) is 13.2 Å². The van der Waals surface area contributed by atoms with Gasteiger partial charge in [-0.15, -0.1) is 0 Å². The molecule has 0 aliphatic carbocycles. The highest BCUT2D eigenvalue weighted by Crippen LogP contribution is 2.31. The number of carboxylic acid groups (broad SMARTS) is 1. The topological polar surface area (TPSA) is 84.9 Å². The first-order chi connectivity index (χ1) is 8.25. The van der Waals surface area contributed by atoms with Crippen LogP contribution in [0.2, 0.25) is 0 Å². The Labute approximate surface area is 107 Å². The third kappa shape index (κ3) is 4.18. The normalized spacial score (nSPS) is 24.4. The molecule has 0 aromatic heterocycles. The van der Waals surface area contributed by atoms with Gasteiger partial charge in [-0.1, -0.05) is 0 Å². The van der Waals surface area contributed by atoms with Crippen LogP contribution >= 0.6 is 0 Å². The molecule has 6 nitrogen and oxygen atoms in total. The third-order valence-electron chi connectivity index (χ3n) is 2.73. The van der Waals surface area contributed by atoms with Crippen LogP contribution in [0.4, 0.5) is 4.79 Å². The van der Waals surface area contributed by atoms with Crippen molar-refractivity contribution in [3.8, 4) is 0 Å². The molecule has 1 aliphatic rings. The first kappa shape index (κ1) is 14.8. The van der Waals surface area contributed by atoms with E-state index in [1.54, 1.807) is 20.8 Å². The van der Waals surface area contributed by atoms with Gasteiger partial charge in [-0.25, -0.2) is 4.79 Å². The van der Waals surface area contributed by atoms with Crippen LogP contribution in [0.1, 0.15) is 33.6 Å². The molecule has 1 rings (SSSR count). The number of nitrogens with one attached hydrogen (secondary N) is 1. The summed E-state index contributed by atoms with van der Waals surface area (Å²) in [5.74, 6) is -0.400. The number of ether oxygens (including phenoxy) is 2. The lowest BCUT2D eigenvalue weighted by Crippen LogP contribution is -2.50. The maximum absolute atomic E-state index is 12.2. The summed E-state index contributed by atoms with van der Waals surface area (Å²) in [6.07, 6.45) is 0.145. The van der Waals surface area contributed by atoms with Crippen molar-refractivity contribution in [2.24, 2.45) is 5.41 Å². The second-order valence-electron chi connectivity index (χ2n) is 5.60. The zero-order valence-electron chi connectivity index (χ0n) is 11.1. The SMILES string of the molecule is CC(C)(C)OC(=O)C1(CNC(=O)O)CCCOC1. The van der Waals surface area contributed by atoms with Gasteiger partial charge in [0.1, 0.15) is 11.0 Å². The Kier molecular flexibility index (Phi) is 4.56. The van der Waals surface area contributed by atoms with E-state index in [0.29, 0.717) is 13.0 Å². The van der Waals surface area contributed by atoms with Gasteiger partial charge in [-0.3, -0.25) is 4.79 Å². The lowest BCUT2D eigenvalue weighted by atomic mass is 9.82. The number of hydrogen-bond acceptors (Lipinski definition) is 4. The minimum absolute atomic E-state index is 0.0250. The van der Waals surface area contributed by atoms with Gasteiger partial charge < -0.3 is 19.9 Å². The molecule has 1 aliphatic heterocycles. The van der Waals surface area contributed by atoms with Crippen LogP contribution in [-0.4, -0.2) is 42.5 Å². The fourth-order valence-corrected chi connectivity index (χ4v) is 1.86. The molecule has 0 saturated carbocycles. The van der Waals surface area contributed by atoms with E-state index >= 15 is 0 Å². The molecule has 1 fully saturated rings. The van der Waals surface area contributed by atoms with Crippen LogP contribution in [0, 0.1) is 5.41 Å². The zero-order valence-corrected chi connectivity index (χ0v) is 11.1. The number of carbonyl (C=O) groups excluding carboxylic acids is 1. The van der Waals surface area contributed by atoms with Gasteiger partial charge in [0.15, 0.2) is 0 Å². The monoisotopic (exact) mass is 259 g/mol. The van der Waals surface area contributed by atoms with Crippen molar-refractivity contribution < 1.29 is 24.2 Å². The van der Waals surface area contributed by atoms with E-state index < -0.39 is 23.1 Å². The third-order valence-corrected chi connectivity index (χ3v) is 2.73. The van der Waals surface area contributed by atoms with Gasteiger partial charge in [0.2, 0.25) is 0 Å². The number of amides is 1. The first-order valence-electron chi connectivity index (χ1n) is 6.03. The van der Waals surface area contributed by atoms with Crippen LogP contribution in [0.5, 0.6) is 0 Å². The predicted octanol–water partition coefficient (Wildman–Crippen LogP) is 1.39. The summed E-state index contributed by atoms with van der Waals surface area (Å²) in [6, 6.07) is 0. The van der Waals surface area contributed by atoms with Gasteiger partial charge in [-0.2, -0.15) is 0 Å². The van der Waals surface area contributed by atoms with E-state index in [1.807, 2.05) is 0 Å². The number of hydrogen-bond donors (Lipinski definition) is 2. The second-order valence-corrected chi connectivity index (χ2v) is 5.60.